The molecule has 0 aliphatic carbocycles. The molecule has 7 nitrogen and oxygen atoms in total. The maximum atomic E-state index is 12.3. The summed E-state index contributed by atoms with van der Waals surface area (Å²) in [5.41, 5.74) is 6.26. The zero-order valence-corrected chi connectivity index (χ0v) is 15.3. The van der Waals surface area contributed by atoms with Crippen molar-refractivity contribution in [2.45, 2.75) is 24.3 Å². The molecule has 2 heterocycles. The molecule has 1 aliphatic heterocycles. The highest BCUT2D eigenvalue weighted by molar-refractivity contribution is 7.90. The van der Waals surface area contributed by atoms with E-state index in [9.17, 15) is 13.2 Å². The Morgan fingerprint density at radius 2 is 1.81 bits per heavy atom. The van der Waals surface area contributed by atoms with E-state index in [1.54, 1.807) is 38.1 Å². The Hall–Kier alpha value is -2.87. The molecule has 0 saturated carbocycles. The topological polar surface area (TPSA) is 109 Å². The van der Waals surface area contributed by atoms with Gasteiger partial charge in [0.1, 0.15) is 5.60 Å². The number of pyridine rings is 1. The van der Waals surface area contributed by atoms with Crippen LogP contribution in [0.2, 0.25) is 0 Å². The van der Waals surface area contributed by atoms with Gasteiger partial charge in [-0.3, -0.25) is 0 Å². The summed E-state index contributed by atoms with van der Waals surface area (Å²) >= 11 is 0. The van der Waals surface area contributed by atoms with E-state index in [0.29, 0.717) is 11.1 Å². The first kappa shape index (κ1) is 17.9. The maximum absolute atomic E-state index is 12.3. The Labute approximate surface area is 151 Å². The van der Waals surface area contributed by atoms with Crippen LogP contribution in [0.5, 0.6) is 5.88 Å². The third-order valence-corrected chi connectivity index (χ3v) is 5.06. The third-order valence-electron chi connectivity index (χ3n) is 3.93. The first-order valence-corrected chi connectivity index (χ1v) is 9.65. The van der Waals surface area contributed by atoms with Crippen molar-refractivity contribution >= 4 is 27.1 Å². The summed E-state index contributed by atoms with van der Waals surface area (Å²) in [6.45, 7) is 3.45. The minimum Gasteiger partial charge on any atom is -0.449 e. The molecule has 0 atom stereocenters. The van der Waals surface area contributed by atoms with Gasteiger partial charge in [0.25, 0.3) is 0 Å². The Kier molecular flexibility index (Phi) is 4.23. The van der Waals surface area contributed by atoms with Crippen LogP contribution in [0.4, 0.5) is 5.69 Å². The van der Waals surface area contributed by atoms with Crippen molar-refractivity contribution in [2.24, 2.45) is 0 Å². The lowest BCUT2D eigenvalue weighted by molar-refractivity contribution is -0.145. The van der Waals surface area contributed by atoms with Crippen molar-refractivity contribution in [1.29, 1.82) is 0 Å². The number of carbonyl (C=O) groups is 1. The number of nitrogens with two attached hydrogens (primary N) is 1. The molecule has 8 heteroatoms. The third kappa shape index (κ3) is 3.28. The predicted molar refractivity (Wildman–Crippen MR) is 95.9 cm³/mol. The lowest BCUT2D eigenvalue weighted by Gasteiger charge is -2.21. The van der Waals surface area contributed by atoms with Crippen molar-refractivity contribution in [2.75, 3.05) is 12.0 Å². The number of ether oxygens (including phenoxy) is 2. The lowest BCUT2D eigenvalue weighted by atomic mass is 9.92. The van der Waals surface area contributed by atoms with Gasteiger partial charge in [0, 0.05) is 12.5 Å². The van der Waals surface area contributed by atoms with E-state index in [1.807, 2.05) is 0 Å². The first-order valence-electron chi connectivity index (χ1n) is 7.76. The molecule has 2 aromatic rings. The normalized spacial score (nSPS) is 16.5. The molecule has 1 aromatic heterocycles. The highest BCUT2D eigenvalue weighted by Crippen LogP contribution is 2.40. The zero-order chi connectivity index (χ0) is 19.1. The number of hydrogen-bond acceptors (Lipinski definition) is 7. The Balaban J connectivity index is 2.11. The summed E-state index contributed by atoms with van der Waals surface area (Å²) in [5.74, 6) is -0.558. The van der Waals surface area contributed by atoms with E-state index in [2.05, 4.69) is 4.98 Å². The standard InChI is InChI=1S/C18H18N2O5S/c1-18(2)14(11-6-8-12(9-7-11)26(3,22)23)15(17(21)25-18)24-16-13(19)5-4-10-20-16/h4-10H,19H2,1-3H3. The maximum Gasteiger partial charge on any atom is 0.375 e. The largest absolute Gasteiger partial charge is 0.449 e. The van der Waals surface area contributed by atoms with Crippen molar-refractivity contribution < 1.29 is 22.7 Å². The van der Waals surface area contributed by atoms with E-state index < -0.39 is 21.4 Å². The predicted octanol–water partition coefficient (Wildman–Crippen LogP) is 2.19. The first-order chi connectivity index (χ1) is 12.1. The SMILES string of the molecule is CC1(C)OC(=O)C(Oc2ncccc2N)=C1c1ccc(S(C)(=O)=O)cc1. The molecule has 1 aliphatic rings. The quantitative estimate of drug-likeness (QED) is 0.817. The number of cyclic esters (lactones) is 1. The minimum atomic E-state index is -3.32. The lowest BCUT2D eigenvalue weighted by Crippen LogP contribution is -2.22. The number of rotatable bonds is 4. The molecule has 0 spiro atoms. The summed E-state index contributed by atoms with van der Waals surface area (Å²) in [6, 6.07) is 9.43. The molecule has 1 aromatic carbocycles. The smallest absolute Gasteiger partial charge is 0.375 e. The molecule has 0 bridgehead atoms. The number of carbonyl (C=O) groups excluding carboxylic acids is 1. The van der Waals surface area contributed by atoms with E-state index in [-0.39, 0.29) is 22.2 Å². The fourth-order valence-corrected chi connectivity index (χ4v) is 3.36. The molecule has 0 saturated heterocycles. The fourth-order valence-electron chi connectivity index (χ4n) is 2.73. The number of benzene rings is 1. The Bertz CT molecular complexity index is 1010. The summed E-state index contributed by atoms with van der Waals surface area (Å²) in [4.78, 5) is 16.6. The number of nitrogens with zero attached hydrogens (tertiary/aromatic N) is 1. The molecule has 0 unspecified atom stereocenters. The fraction of sp³-hybridized carbons (Fsp3) is 0.222. The molecule has 0 amide bonds. The van der Waals surface area contributed by atoms with Crippen LogP contribution in [0.25, 0.3) is 5.57 Å². The van der Waals surface area contributed by atoms with Crippen molar-refractivity contribution in [3.8, 4) is 5.88 Å². The molecule has 3 rings (SSSR count). The van der Waals surface area contributed by atoms with Gasteiger partial charge in [-0.25, -0.2) is 18.2 Å². The van der Waals surface area contributed by atoms with Gasteiger partial charge in [-0.05, 0) is 43.7 Å². The summed E-state index contributed by atoms with van der Waals surface area (Å²) < 4.78 is 34.4. The number of sulfone groups is 1. The van der Waals surface area contributed by atoms with Crippen LogP contribution in [-0.4, -0.2) is 31.2 Å². The molecule has 0 fully saturated rings. The van der Waals surface area contributed by atoms with Crippen LogP contribution in [-0.2, 0) is 19.4 Å². The van der Waals surface area contributed by atoms with Gasteiger partial charge in [0.15, 0.2) is 9.84 Å². The van der Waals surface area contributed by atoms with Crippen molar-refractivity contribution in [3.05, 3.63) is 53.9 Å². The Morgan fingerprint density at radius 3 is 2.38 bits per heavy atom. The van der Waals surface area contributed by atoms with Gasteiger partial charge in [-0.15, -0.1) is 0 Å². The molecular formula is C18H18N2O5S. The van der Waals surface area contributed by atoms with E-state index in [4.69, 9.17) is 15.2 Å². The number of hydrogen-bond donors (Lipinski definition) is 1. The highest BCUT2D eigenvalue weighted by Gasteiger charge is 2.43. The van der Waals surface area contributed by atoms with E-state index in [1.165, 1.54) is 18.3 Å². The van der Waals surface area contributed by atoms with Gasteiger partial charge in [-0.1, -0.05) is 12.1 Å². The summed E-state index contributed by atoms with van der Waals surface area (Å²) in [6.07, 6.45) is 2.63. The van der Waals surface area contributed by atoms with Crippen molar-refractivity contribution in [3.63, 3.8) is 0 Å². The molecular weight excluding hydrogens is 356 g/mol. The van der Waals surface area contributed by atoms with Gasteiger partial charge < -0.3 is 15.2 Å². The number of aromatic nitrogens is 1. The molecule has 136 valence electrons. The minimum absolute atomic E-state index is 0.0208. The van der Waals surface area contributed by atoms with Crippen LogP contribution in [0.1, 0.15) is 19.4 Å². The highest BCUT2D eigenvalue weighted by atomic mass is 32.2. The van der Waals surface area contributed by atoms with Crippen molar-refractivity contribution in [1.82, 2.24) is 4.98 Å². The zero-order valence-electron chi connectivity index (χ0n) is 14.5. The summed E-state index contributed by atoms with van der Waals surface area (Å²) in [5, 5.41) is 0. The average molecular weight is 374 g/mol. The number of anilines is 1. The summed E-state index contributed by atoms with van der Waals surface area (Å²) in [7, 11) is -3.32. The van der Waals surface area contributed by atoms with Gasteiger partial charge >= 0.3 is 5.97 Å². The molecule has 2 N–H and O–H groups in total. The van der Waals surface area contributed by atoms with Crippen LogP contribution in [0.3, 0.4) is 0 Å². The van der Waals surface area contributed by atoms with E-state index >= 15 is 0 Å². The molecule has 0 radical (unpaired) electrons. The van der Waals surface area contributed by atoms with Crippen LogP contribution >= 0.6 is 0 Å². The van der Waals surface area contributed by atoms with Crippen LogP contribution < -0.4 is 10.5 Å². The van der Waals surface area contributed by atoms with Gasteiger partial charge in [-0.2, -0.15) is 0 Å². The van der Waals surface area contributed by atoms with Gasteiger partial charge in [0.05, 0.1) is 16.2 Å². The second-order valence-corrected chi connectivity index (χ2v) is 8.42. The van der Waals surface area contributed by atoms with E-state index in [0.717, 1.165) is 6.26 Å². The van der Waals surface area contributed by atoms with Crippen LogP contribution in [0.15, 0.2) is 53.2 Å². The number of nitrogen functional groups attached to an aromatic ring is 1. The second kappa shape index (κ2) is 6.14. The number of esters is 1. The monoisotopic (exact) mass is 374 g/mol. The van der Waals surface area contributed by atoms with Gasteiger partial charge in [0.2, 0.25) is 11.6 Å². The second-order valence-electron chi connectivity index (χ2n) is 6.40. The average Bonchev–Trinajstić information content (AvgIpc) is 2.77. The molecule has 26 heavy (non-hydrogen) atoms. The van der Waals surface area contributed by atoms with Crippen LogP contribution in [0, 0.1) is 0 Å². The Morgan fingerprint density at radius 1 is 1.15 bits per heavy atom.